The lowest BCUT2D eigenvalue weighted by atomic mass is 10.0. The number of hydrogen-bond acceptors (Lipinski definition) is 5. The van der Waals surface area contributed by atoms with Gasteiger partial charge in [-0.15, -0.1) is 0 Å². The Hall–Kier alpha value is -2.95. The fourth-order valence-electron chi connectivity index (χ4n) is 2.74. The Kier molecular flexibility index (Phi) is 2.63. The van der Waals surface area contributed by atoms with Crippen LogP contribution in [0.4, 0.5) is 0 Å². The molecular formula is C17H13NO4. The molecule has 0 spiro atoms. The van der Waals surface area contributed by atoms with E-state index in [1.54, 1.807) is 6.07 Å². The minimum Gasteiger partial charge on any atom is -0.507 e. The van der Waals surface area contributed by atoms with Crippen LogP contribution in [0.2, 0.25) is 0 Å². The summed E-state index contributed by atoms with van der Waals surface area (Å²) in [6.45, 7) is 2.06. The summed E-state index contributed by atoms with van der Waals surface area (Å²) in [5, 5.41) is 22.0. The smallest absolute Gasteiger partial charge is 0.231 e. The molecule has 0 unspecified atom stereocenters. The minimum atomic E-state index is -0.0166. The van der Waals surface area contributed by atoms with E-state index in [1.165, 1.54) is 12.1 Å². The minimum absolute atomic E-state index is 0.0166. The third kappa shape index (κ3) is 1.83. The van der Waals surface area contributed by atoms with E-state index in [1.807, 2.05) is 25.1 Å². The summed E-state index contributed by atoms with van der Waals surface area (Å²) in [7, 11) is 0. The zero-order valence-electron chi connectivity index (χ0n) is 11.8. The normalized spacial score (nSPS) is 12.8. The van der Waals surface area contributed by atoms with E-state index >= 15 is 0 Å². The number of fused-ring (bicyclic) bond motifs is 2. The molecular weight excluding hydrogens is 282 g/mol. The van der Waals surface area contributed by atoms with Crippen LogP contribution in [0.25, 0.3) is 22.0 Å². The van der Waals surface area contributed by atoms with E-state index in [0.29, 0.717) is 22.8 Å². The molecule has 0 fully saturated rings. The zero-order valence-corrected chi connectivity index (χ0v) is 11.8. The number of aromatic hydroxyl groups is 2. The molecule has 1 aliphatic rings. The highest BCUT2D eigenvalue weighted by molar-refractivity contribution is 5.99. The maximum Gasteiger partial charge on any atom is 0.231 e. The molecule has 5 nitrogen and oxygen atoms in total. The van der Waals surface area contributed by atoms with Crippen LogP contribution in [-0.4, -0.2) is 22.0 Å². The highest BCUT2D eigenvalue weighted by Gasteiger charge is 2.20. The van der Waals surface area contributed by atoms with Crippen molar-refractivity contribution in [3.8, 4) is 34.3 Å². The summed E-state index contributed by atoms with van der Waals surface area (Å²) < 4.78 is 10.8. The fourth-order valence-corrected chi connectivity index (χ4v) is 2.74. The maximum atomic E-state index is 10.1. The first-order valence-electron chi connectivity index (χ1n) is 6.86. The van der Waals surface area contributed by atoms with Crippen molar-refractivity contribution >= 4 is 10.8 Å². The van der Waals surface area contributed by atoms with E-state index in [4.69, 9.17) is 9.47 Å². The lowest BCUT2D eigenvalue weighted by molar-refractivity contribution is 0.174. The van der Waals surface area contributed by atoms with Crippen molar-refractivity contribution < 1.29 is 19.7 Å². The molecule has 22 heavy (non-hydrogen) atoms. The number of aryl methyl sites for hydroxylation is 1. The van der Waals surface area contributed by atoms with E-state index in [-0.39, 0.29) is 18.3 Å². The van der Waals surface area contributed by atoms with Crippen molar-refractivity contribution in [2.45, 2.75) is 6.92 Å². The first kappa shape index (κ1) is 12.8. The fraction of sp³-hybridized carbons (Fsp3) is 0.118. The average molecular weight is 295 g/mol. The number of pyridine rings is 1. The molecule has 0 radical (unpaired) electrons. The summed E-state index contributed by atoms with van der Waals surface area (Å²) in [5.74, 6) is 1.29. The summed E-state index contributed by atoms with van der Waals surface area (Å²) in [6, 6.07) is 10.3. The Balaban J connectivity index is 2.09. The van der Waals surface area contributed by atoms with Gasteiger partial charge in [0.15, 0.2) is 11.5 Å². The van der Waals surface area contributed by atoms with Gasteiger partial charge in [0.25, 0.3) is 0 Å². The van der Waals surface area contributed by atoms with Crippen LogP contribution in [0.5, 0.6) is 23.0 Å². The van der Waals surface area contributed by atoms with Crippen LogP contribution in [-0.2, 0) is 0 Å². The molecule has 0 bridgehead atoms. The van der Waals surface area contributed by atoms with Gasteiger partial charge in [-0.1, -0.05) is 6.07 Å². The molecule has 0 saturated heterocycles. The highest BCUT2D eigenvalue weighted by Crippen LogP contribution is 2.43. The third-order valence-electron chi connectivity index (χ3n) is 3.71. The molecule has 0 aliphatic carbocycles. The van der Waals surface area contributed by atoms with E-state index in [0.717, 1.165) is 16.5 Å². The Bertz CT molecular complexity index is 885. The molecule has 0 atom stereocenters. The van der Waals surface area contributed by atoms with Crippen LogP contribution >= 0.6 is 0 Å². The molecule has 0 amide bonds. The van der Waals surface area contributed by atoms with Gasteiger partial charge in [-0.3, -0.25) is 4.98 Å². The summed E-state index contributed by atoms with van der Waals surface area (Å²) in [4.78, 5) is 4.50. The number of phenolic OH excluding ortho intramolecular Hbond substituents is 2. The highest BCUT2D eigenvalue weighted by atomic mass is 16.7. The maximum absolute atomic E-state index is 10.1. The molecule has 3 aromatic rings. The molecule has 0 saturated carbocycles. The van der Waals surface area contributed by atoms with E-state index < -0.39 is 0 Å². The Morgan fingerprint density at radius 1 is 1.00 bits per heavy atom. The number of rotatable bonds is 1. The molecule has 5 heteroatoms. The summed E-state index contributed by atoms with van der Waals surface area (Å²) >= 11 is 0. The van der Waals surface area contributed by atoms with Gasteiger partial charge in [0.1, 0.15) is 11.5 Å². The van der Waals surface area contributed by atoms with Gasteiger partial charge in [0.05, 0.1) is 11.3 Å². The molecule has 1 aliphatic heterocycles. The van der Waals surface area contributed by atoms with Gasteiger partial charge >= 0.3 is 0 Å². The number of hydrogen-bond donors (Lipinski definition) is 2. The molecule has 2 aromatic carbocycles. The van der Waals surface area contributed by atoms with Crippen LogP contribution in [0.3, 0.4) is 0 Å². The molecule has 2 heterocycles. The number of phenols is 2. The van der Waals surface area contributed by atoms with Crippen LogP contribution in [0, 0.1) is 6.92 Å². The Labute approximate surface area is 126 Å². The average Bonchev–Trinajstić information content (AvgIpc) is 2.92. The SMILES string of the molecule is Cc1cc2cc3c(cc2c(-c2c(O)cccc2O)n1)OCO3. The zero-order chi connectivity index (χ0) is 15.3. The lowest BCUT2D eigenvalue weighted by Crippen LogP contribution is -1.92. The van der Waals surface area contributed by atoms with Crippen LogP contribution < -0.4 is 9.47 Å². The van der Waals surface area contributed by atoms with E-state index in [2.05, 4.69) is 4.98 Å². The largest absolute Gasteiger partial charge is 0.507 e. The predicted molar refractivity (Wildman–Crippen MR) is 81.4 cm³/mol. The monoisotopic (exact) mass is 295 g/mol. The first-order valence-corrected chi connectivity index (χ1v) is 6.86. The molecule has 4 rings (SSSR count). The number of aromatic nitrogens is 1. The Morgan fingerprint density at radius 2 is 1.68 bits per heavy atom. The van der Waals surface area contributed by atoms with Crippen molar-refractivity contribution in [3.63, 3.8) is 0 Å². The van der Waals surface area contributed by atoms with Gasteiger partial charge < -0.3 is 19.7 Å². The molecule has 110 valence electrons. The topological polar surface area (TPSA) is 71.8 Å². The standard InChI is InChI=1S/C17H13NO4/c1-9-5-10-6-14-15(22-8-21-14)7-11(10)17(18-9)16-12(19)3-2-4-13(16)20/h2-7,19-20H,8H2,1H3. The summed E-state index contributed by atoms with van der Waals surface area (Å²) in [6.07, 6.45) is 0. The number of nitrogens with zero attached hydrogens (tertiary/aromatic N) is 1. The van der Waals surface area contributed by atoms with Gasteiger partial charge in [-0.2, -0.15) is 0 Å². The van der Waals surface area contributed by atoms with Crippen molar-refractivity contribution in [3.05, 3.63) is 42.1 Å². The molecule has 1 aromatic heterocycles. The number of benzene rings is 2. The van der Waals surface area contributed by atoms with Gasteiger partial charge in [-0.25, -0.2) is 0 Å². The van der Waals surface area contributed by atoms with Crippen molar-refractivity contribution in [2.24, 2.45) is 0 Å². The van der Waals surface area contributed by atoms with Gasteiger partial charge in [0, 0.05) is 11.1 Å². The van der Waals surface area contributed by atoms with Crippen LogP contribution in [0.15, 0.2) is 36.4 Å². The van der Waals surface area contributed by atoms with Crippen molar-refractivity contribution in [1.82, 2.24) is 4.98 Å². The van der Waals surface area contributed by atoms with E-state index in [9.17, 15) is 10.2 Å². The Morgan fingerprint density at radius 3 is 2.41 bits per heavy atom. The summed E-state index contributed by atoms with van der Waals surface area (Å²) in [5.41, 5.74) is 1.61. The molecule has 2 N–H and O–H groups in total. The number of ether oxygens (including phenoxy) is 2. The quantitative estimate of drug-likeness (QED) is 0.720. The first-order chi connectivity index (χ1) is 10.6. The van der Waals surface area contributed by atoms with Crippen molar-refractivity contribution in [1.29, 1.82) is 0 Å². The second-order valence-corrected chi connectivity index (χ2v) is 5.21. The van der Waals surface area contributed by atoms with Gasteiger partial charge in [-0.05, 0) is 42.6 Å². The van der Waals surface area contributed by atoms with Crippen molar-refractivity contribution in [2.75, 3.05) is 6.79 Å². The third-order valence-corrected chi connectivity index (χ3v) is 3.71. The lowest BCUT2D eigenvalue weighted by Gasteiger charge is -2.11. The second kappa shape index (κ2) is 4.53. The van der Waals surface area contributed by atoms with Gasteiger partial charge in [0.2, 0.25) is 6.79 Å². The predicted octanol–water partition coefficient (Wildman–Crippen LogP) is 3.35. The van der Waals surface area contributed by atoms with Crippen LogP contribution in [0.1, 0.15) is 5.69 Å². The second-order valence-electron chi connectivity index (χ2n) is 5.21.